The Kier molecular flexibility index (Phi) is 9.65. The quantitative estimate of drug-likeness (QED) is 0.280. The monoisotopic (exact) mass is 445 g/mol. The van der Waals surface area contributed by atoms with E-state index < -0.39 is 0 Å². The van der Waals surface area contributed by atoms with Gasteiger partial charge in [-0.2, -0.15) is 5.10 Å². The molecule has 1 aromatic heterocycles. The van der Waals surface area contributed by atoms with Gasteiger partial charge in [-0.15, -0.1) is 0 Å². The molecule has 0 aliphatic heterocycles. The SMILES string of the molecule is C=NNc1ccc(C(C)C)c(-c2ccc(COc3cc(C(C)C)ccc3C)c(C)n2)c1.CC. The summed E-state index contributed by atoms with van der Waals surface area (Å²) in [6.07, 6.45) is 0. The molecule has 0 bridgehead atoms. The van der Waals surface area contributed by atoms with Crippen LogP contribution in [-0.4, -0.2) is 11.7 Å². The number of hydrazone groups is 1. The van der Waals surface area contributed by atoms with E-state index in [0.717, 1.165) is 39.5 Å². The van der Waals surface area contributed by atoms with E-state index in [4.69, 9.17) is 9.72 Å². The van der Waals surface area contributed by atoms with Crippen molar-refractivity contribution in [3.05, 3.63) is 76.5 Å². The molecule has 0 aliphatic carbocycles. The van der Waals surface area contributed by atoms with Crippen molar-refractivity contribution in [2.24, 2.45) is 5.10 Å². The minimum Gasteiger partial charge on any atom is -0.489 e. The topological polar surface area (TPSA) is 46.5 Å². The Morgan fingerprint density at radius 2 is 1.67 bits per heavy atom. The van der Waals surface area contributed by atoms with Gasteiger partial charge in [0.25, 0.3) is 0 Å². The van der Waals surface area contributed by atoms with Crippen LogP contribution in [0.1, 0.15) is 81.3 Å². The van der Waals surface area contributed by atoms with E-state index in [1.54, 1.807) is 0 Å². The molecule has 0 saturated carbocycles. The van der Waals surface area contributed by atoms with Gasteiger partial charge in [-0.05, 0) is 66.6 Å². The highest BCUT2D eigenvalue weighted by Crippen LogP contribution is 2.32. The van der Waals surface area contributed by atoms with Gasteiger partial charge >= 0.3 is 0 Å². The second-order valence-corrected chi connectivity index (χ2v) is 8.64. The molecule has 0 atom stereocenters. The Balaban J connectivity index is 0.00000187. The number of aryl methyl sites for hydroxylation is 2. The van der Waals surface area contributed by atoms with Crippen molar-refractivity contribution in [1.29, 1.82) is 0 Å². The van der Waals surface area contributed by atoms with Crippen LogP contribution in [0.25, 0.3) is 11.3 Å². The maximum Gasteiger partial charge on any atom is 0.123 e. The highest BCUT2D eigenvalue weighted by molar-refractivity contribution is 5.70. The molecule has 1 N–H and O–H groups in total. The third kappa shape index (κ3) is 6.67. The van der Waals surface area contributed by atoms with Crippen molar-refractivity contribution >= 4 is 12.4 Å². The van der Waals surface area contributed by atoms with Crippen LogP contribution in [0, 0.1) is 13.8 Å². The van der Waals surface area contributed by atoms with E-state index in [1.807, 2.05) is 26.8 Å². The normalized spacial score (nSPS) is 10.6. The number of anilines is 1. The molecule has 0 amide bonds. The highest BCUT2D eigenvalue weighted by atomic mass is 16.5. The summed E-state index contributed by atoms with van der Waals surface area (Å²) in [6, 6.07) is 16.9. The van der Waals surface area contributed by atoms with Crippen LogP contribution in [0.3, 0.4) is 0 Å². The van der Waals surface area contributed by atoms with Crippen LogP contribution < -0.4 is 10.2 Å². The van der Waals surface area contributed by atoms with Gasteiger partial charge in [0.05, 0.1) is 11.4 Å². The summed E-state index contributed by atoms with van der Waals surface area (Å²) in [5.74, 6) is 1.80. The van der Waals surface area contributed by atoms with Crippen molar-refractivity contribution in [2.75, 3.05) is 5.43 Å². The molecule has 3 aromatic rings. The Bertz CT molecular complexity index is 1070. The minimum absolute atomic E-state index is 0.391. The standard InChI is InChI=1S/C27H33N3O.C2H6/c1-17(2)21-9-8-19(5)27(14-21)31-16-22-10-13-26(29-20(22)6)25-15-23(30-28-7)11-12-24(25)18(3)4;1-2/h8-15,17-18,30H,7,16H2,1-6H3;1-2H3. The van der Waals surface area contributed by atoms with Crippen LogP contribution in [0.2, 0.25) is 0 Å². The van der Waals surface area contributed by atoms with Gasteiger partial charge in [0.1, 0.15) is 12.4 Å². The smallest absolute Gasteiger partial charge is 0.123 e. The first-order valence-electron chi connectivity index (χ1n) is 11.9. The highest BCUT2D eigenvalue weighted by Gasteiger charge is 2.13. The van der Waals surface area contributed by atoms with Gasteiger partial charge in [0, 0.05) is 23.5 Å². The van der Waals surface area contributed by atoms with Crippen LogP contribution in [0.4, 0.5) is 5.69 Å². The van der Waals surface area contributed by atoms with E-state index in [2.05, 4.69) is 94.3 Å². The molecular formula is C29H39N3O. The van der Waals surface area contributed by atoms with Gasteiger partial charge in [0.2, 0.25) is 0 Å². The number of nitrogens with one attached hydrogen (secondary N) is 1. The number of rotatable bonds is 8. The Labute approximate surface area is 200 Å². The van der Waals surface area contributed by atoms with Crippen molar-refractivity contribution in [2.45, 2.75) is 73.8 Å². The predicted molar refractivity (Wildman–Crippen MR) is 143 cm³/mol. The summed E-state index contributed by atoms with van der Waals surface area (Å²) < 4.78 is 6.18. The lowest BCUT2D eigenvalue weighted by Gasteiger charge is -2.16. The number of hydrogen-bond acceptors (Lipinski definition) is 4. The first-order valence-corrected chi connectivity index (χ1v) is 11.9. The van der Waals surface area contributed by atoms with Crippen molar-refractivity contribution in [3.63, 3.8) is 0 Å². The van der Waals surface area contributed by atoms with Crippen LogP contribution >= 0.6 is 0 Å². The fourth-order valence-electron chi connectivity index (χ4n) is 3.62. The predicted octanol–water partition coefficient (Wildman–Crippen LogP) is 8.24. The number of pyridine rings is 1. The second kappa shape index (κ2) is 12.2. The van der Waals surface area contributed by atoms with E-state index in [1.165, 1.54) is 11.1 Å². The number of hydrogen-bond donors (Lipinski definition) is 1. The molecule has 0 unspecified atom stereocenters. The number of ether oxygens (including phenoxy) is 1. The summed E-state index contributed by atoms with van der Waals surface area (Å²) in [7, 11) is 0. The molecule has 1 heterocycles. The summed E-state index contributed by atoms with van der Waals surface area (Å²) in [6.45, 7) is 20.9. The lowest BCUT2D eigenvalue weighted by Crippen LogP contribution is -2.03. The van der Waals surface area contributed by atoms with Crippen LogP contribution in [0.5, 0.6) is 5.75 Å². The molecule has 2 aromatic carbocycles. The third-order valence-corrected chi connectivity index (χ3v) is 5.62. The molecule has 4 nitrogen and oxygen atoms in total. The van der Waals surface area contributed by atoms with Crippen molar-refractivity contribution in [1.82, 2.24) is 4.98 Å². The number of aromatic nitrogens is 1. The van der Waals surface area contributed by atoms with E-state index >= 15 is 0 Å². The molecule has 0 fully saturated rings. The third-order valence-electron chi connectivity index (χ3n) is 5.62. The summed E-state index contributed by atoms with van der Waals surface area (Å²) in [4.78, 5) is 4.91. The zero-order chi connectivity index (χ0) is 24.5. The molecule has 0 saturated heterocycles. The molecule has 0 aliphatic rings. The molecule has 33 heavy (non-hydrogen) atoms. The zero-order valence-electron chi connectivity index (χ0n) is 21.5. The van der Waals surface area contributed by atoms with Gasteiger partial charge in [-0.1, -0.05) is 65.8 Å². The zero-order valence-corrected chi connectivity index (χ0v) is 21.5. The first kappa shape index (κ1) is 26.1. The lowest BCUT2D eigenvalue weighted by molar-refractivity contribution is 0.302. The molecule has 176 valence electrons. The average Bonchev–Trinajstić information content (AvgIpc) is 2.80. The molecule has 4 heteroatoms. The summed E-state index contributed by atoms with van der Waals surface area (Å²) in [5, 5.41) is 3.79. The second-order valence-electron chi connectivity index (χ2n) is 8.64. The first-order chi connectivity index (χ1) is 15.8. The van der Waals surface area contributed by atoms with Gasteiger partial charge in [-0.3, -0.25) is 10.4 Å². The molecule has 0 radical (unpaired) electrons. The van der Waals surface area contributed by atoms with E-state index in [-0.39, 0.29) is 0 Å². The van der Waals surface area contributed by atoms with E-state index in [0.29, 0.717) is 18.4 Å². The Hall–Kier alpha value is -3.14. The molecular weight excluding hydrogens is 406 g/mol. The van der Waals surface area contributed by atoms with Crippen LogP contribution in [0.15, 0.2) is 53.6 Å². The van der Waals surface area contributed by atoms with Gasteiger partial charge in [0.15, 0.2) is 0 Å². The van der Waals surface area contributed by atoms with Crippen LogP contribution in [-0.2, 0) is 6.61 Å². The Morgan fingerprint density at radius 3 is 2.27 bits per heavy atom. The van der Waals surface area contributed by atoms with Crippen molar-refractivity contribution < 1.29 is 4.74 Å². The summed E-state index contributed by atoms with van der Waals surface area (Å²) >= 11 is 0. The van der Waals surface area contributed by atoms with Gasteiger partial charge in [-0.25, -0.2) is 0 Å². The number of benzene rings is 2. The minimum atomic E-state index is 0.391. The fraction of sp³-hybridized carbons (Fsp3) is 0.379. The largest absolute Gasteiger partial charge is 0.489 e. The fourth-order valence-corrected chi connectivity index (χ4v) is 3.62. The molecule has 3 rings (SSSR count). The maximum absolute atomic E-state index is 6.18. The lowest BCUT2D eigenvalue weighted by atomic mass is 9.94. The average molecular weight is 446 g/mol. The maximum atomic E-state index is 6.18. The summed E-state index contributed by atoms with van der Waals surface area (Å²) in [5.41, 5.74) is 11.7. The molecule has 0 spiro atoms. The van der Waals surface area contributed by atoms with Crippen molar-refractivity contribution in [3.8, 4) is 17.0 Å². The number of nitrogens with zero attached hydrogens (tertiary/aromatic N) is 2. The Morgan fingerprint density at radius 1 is 0.939 bits per heavy atom. The van der Waals surface area contributed by atoms with E-state index in [9.17, 15) is 0 Å². The van der Waals surface area contributed by atoms with Gasteiger partial charge < -0.3 is 4.74 Å².